The quantitative estimate of drug-likeness (QED) is 0.734. The normalized spacial score (nSPS) is 22.7. The van der Waals surface area contributed by atoms with Crippen LogP contribution in [0.1, 0.15) is 23.8 Å². The predicted molar refractivity (Wildman–Crippen MR) is 65.4 cm³/mol. The lowest BCUT2D eigenvalue weighted by molar-refractivity contribution is -0.123. The van der Waals surface area contributed by atoms with Gasteiger partial charge in [0, 0.05) is 6.54 Å². The van der Waals surface area contributed by atoms with Crippen LogP contribution in [0.25, 0.3) is 0 Å². The Morgan fingerprint density at radius 1 is 1.50 bits per heavy atom. The molecule has 1 aromatic heterocycles. The van der Waals surface area contributed by atoms with Gasteiger partial charge in [-0.1, -0.05) is 0 Å². The number of hydrogen-bond acceptors (Lipinski definition) is 4. The molecule has 1 saturated heterocycles. The molecule has 0 radical (unpaired) electrons. The van der Waals surface area contributed by atoms with Gasteiger partial charge in [0.25, 0.3) is 0 Å². The molecule has 2 rings (SSSR count). The highest BCUT2D eigenvalue weighted by Crippen LogP contribution is 2.26. The highest BCUT2D eigenvalue weighted by molar-refractivity contribution is 5.95. The first-order chi connectivity index (χ1) is 8.51. The van der Waals surface area contributed by atoms with Gasteiger partial charge in [-0.3, -0.25) is 4.79 Å². The number of amides is 1. The summed E-state index contributed by atoms with van der Waals surface area (Å²) >= 11 is 0. The molecule has 1 aliphatic heterocycles. The van der Waals surface area contributed by atoms with Crippen molar-refractivity contribution in [3.63, 3.8) is 0 Å². The van der Waals surface area contributed by atoms with Crippen molar-refractivity contribution in [2.24, 2.45) is 5.41 Å². The van der Waals surface area contributed by atoms with E-state index in [0.29, 0.717) is 12.2 Å². The summed E-state index contributed by atoms with van der Waals surface area (Å²) in [7, 11) is 0. The summed E-state index contributed by atoms with van der Waals surface area (Å²) in [4.78, 5) is 26.4. The lowest BCUT2D eigenvalue weighted by Gasteiger charge is -2.21. The Bertz CT molecular complexity index is 464. The van der Waals surface area contributed by atoms with Gasteiger partial charge in [-0.25, -0.2) is 9.78 Å². The minimum absolute atomic E-state index is 0.0401. The summed E-state index contributed by atoms with van der Waals surface area (Å²) in [5.74, 6) is -1.16. The number of anilines is 1. The van der Waals surface area contributed by atoms with Crippen molar-refractivity contribution < 1.29 is 14.7 Å². The number of pyridine rings is 1. The summed E-state index contributed by atoms with van der Waals surface area (Å²) in [6.45, 7) is 3.39. The highest BCUT2D eigenvalue weighted by atomic mass is 16.4. The van der Waals surface area contributed by atoms with E-state index in [9.17, 15) is 9.59 Å². The Kier molecular flexibility index (Phi) is 3.29. The Morgan fingerprint density at radius 2 is 2.28 bits per heavy atom. The molecule has 6 nitrogen and oxygen atoms in total. The third kappa shape index (κ3) is 2.48. The number of rotatable bonds is 3. The van der Waals surface area contributed by atoms with Crippen LogP contribution in [-0.2, 0) is 4.79 Å². The number of carbonyl (C=O) groups is 2. The molecule has 1 fully saturated rings. The molecular weight excluding hydrogens is 234 g/mol. The smallest absolute Gasteiger partial charge is 0.354 e. The van der Waals surface area contributed by atoms with Crippen LogP contribution in [0.5, 0.6) is 0 Å². The molecule has 1 amide bonds. The number of carbonyl (C=O) groups excluding carboxylic acids is 1. The maximum absolute atomic E-state index is 12.1. The van der Waals surface area contributed by atoms with E-state index in [0.717, 1.165) is 13.0 Å². The second-order valence-electron chi connectivity index (χ2n) is 4.68. The zero-order valence-corrected chi connectivity index (χ0v) is 10.1. The molecule has 6 heteroatoms. The molecule has 0 spiro atoms. The highest BCUT2D eigenvalue weighted by Gasteiger charge is 2.36. The Morgan fingerprint density at radius 3 is 2.78 bits per heavy atom. The van der Waals surface area contributed by atoms with Gasteiger partial charge in [0.15, 0.2) is 0 Å². The van der Waals surface area contributed by atoms with Crippen molar-refractivity contribution in [1.82, 2.24) is 10.3 Å². The van der Waals surface area contributed by atoms with E-state index in [1.807, 2.05) is 6.92 Å². The van der Waals surface area contributed by atoms with Gasteiger partial charge in [-0.2, -0.15) is 0 Å². The van der Waals surface area contributed by atoms with Crippen molar-refractivity contribution in [3.05, 3.63) is 24.0 Å². The van der Waals surface area contributed by atoms with Crippen LogP contribution in [-0.4, -0.2) is 35.1 Å². The van der Waals surface area contributed by atoms with Gasteiger partial charge in [0.2, 0.25) is 5.91 Å². The molecule has 0 aliphatic carbocycles. The van der Waals surface area contributed by atoms with Crippen LogP contribution in [0, 0.1) is 5.41 Å². The monoisotopic (exact) mass is 249 g/mol. The fraction of sp³-hybridized carbons (Fsp3) is 0.417. The molecule has 3 N–H and O–H groups in total. The van der Waals surface area contributed by atoms with Gasteiger partial charge in [0.05, 0.1) is 17.3 Å². The SMILES string of the molecule is CC1(C(=O)Nc2ccc(C(=O)O)nc2)CCNC1. The average Bonchev–Trinajstić information content (AvgIpc) is 2.78. The summed E-state index contributed by atoms with van der Waals surface area (Å²) < 4.78 is 0. The van der Waals surface area contributed by atoms with Gasteiger partial charge in [-0.05, 0) is 32.0 Å². The molecule has 0 bridgehead atoms. The number of aromatic carboxylic acids is 1. The fourth-order valence-electron chi connectivity index (χ4n) is 1.89. The van der Waals surface area contributed by atoms with Crippen molar-refractivity contribution in [3.8, 4) is 0 Å². The van der Waals surface area contributed by atoms with Gasteiger partial charge >= 0.3 is 5.97 Å². The molecule has 1 aliphatic rings. The number of nitrogens with zero attached hydrogens (tertiary/aromatic N) is 1. The van der Waals surface area contributed by atoms with Gasteiger partial charge < -0.3 is 15.7 Å². The van der Waals surface area contributed by atoms with Gasteiger partial charge in [-0.15, -0.1) is 0 Å². The van der Waals surface area contributed by atoms with E-state index < -0.39 is 11.4 Å². The number of nitrogens with one attached hydrogen (secondary N) is 2. The lowest BCUT2D eigenvalue weighted by Crippen LogP contribution is -2.35. The number of aromatic nitrogens is 1. The molecule has 1 atom stereocenters. The summed E-state index contributed by atoms with van der Waals surface area (Å²) in [5, 5.41) is 14.6. The van der Waals surface area contributed by atoms with Gasteiger partial charge in [0.1, 0.15) is 5.69 Å². The maximum Gasteiger partial charge on any atom is 0.354 e. The largest absolute Gasteiger partial charge is 0.477 e. The second kappa shape index (κ2) is 4.73. The Hall–Kier alpha value is -1.95. The zero-order chi connectivity index (χ0) is 13.2. The second-order valence-corrected chi connectivity index (χ2v) is 4.68. The molecular formula is C12H15N3O3. The third-order valence-corrected chi connectivity index (χ3v) is 3.16. The number of carboxylic acid groups (broad SMARTS) is 1. The van der Waals surface area contributed by atoms with Crippen molar-refractivity contribution in [1.29, 1.82) is 0 Å². The molecule has 2 heterocycles. The molecule has 1 aromatic rings. The zero-order valence-electron chi connectivity index (χ0n) is 10.1. The molecule has 96 valence electrons. The van der Waals surface area contributed by atoms with Crippen LogP contribution >= 0.6 is 0 Å². The summed E-state index contributed by atoms with van der Waals surface area (Å²) in [6, 6.07) is 2.91. The van der Waals surface area contributed by atoms with Crippen LogP contribution in [0.15, 0.2) is 18.3 Å². The number of carboxylic acids is 1. The van der Waals surface area contributed by atoms with E-state index in [4.69, 9.17) is 5.11 Å². The first-order valence-electron chi connectivity index (χ1n) is 5.73. The van der Waals surface area contributed by atoms with Crippen LogP contribution < -0.4 is 10.6 Å². The first-order valence-corrected chi connectivity index (χ1v) is 5.73. The predicted octanol–water partition coefficient (Wildman–Crippen LogP) is 0.718. The summed E-state index contributed by atoms with van der Waals surface area (Å²) in [6.07, 6.45) is 2.15. The van der Waals surface area contributed by atoms with E-state index in [2.05, 4.69) is 15.6 Å². The molecule has 18 heavy (non-hydrogen) atoms. The Labute approximate surface area is 104 Å². The molecule has 0 saturated carbocycles. The third-order valence-electron chi connectivity index (χ3n) is 3.16. The minimum Gasteiger partial charge on any atom is -0.477 e. The summed E-state index contributed by atoms with van der Waals surface area (Å²) in [5.41, 5.74) is 0.0609. The van der Waals surface area contributed by atoms with Crippen molar-refractivity contribution >= 4 is 17.6 Å². The van der Waals surface area contributed by atoms with E-state index in [-0.39, 0.29) is 11.6 Å². The molecule has 1 unspecified atom stereocenters. The van der Waals surface area contributed by atoms with E-state index >= 15 is 0 Å². The van der Waals surface area contributed by atoms with E-state index in [1.54, 1.807) is 6.07 Å². The molecule has 0 aromatic carbocycles. The van der Waals surface area contributed by atoms with Crippen molar-refractivity contribution in [2.45, 2.75) is 13.3 Å². The standard InChI is InChI=1S/C12H15N3O3/c1-12(4-5-13-7-12)11(18)15-8-2-3-9(10(16)17)14-6-8/h2-3,6,13H,4-5,7H2,1H3,(H,15,18)(H,16,17). The lowest BCUT2D eigenvalue weighted by atomic mass is 9.89. The Balaban J connectivity index is 2.05. The first kappa shape index (κ1) is 12.5. The van der Waals surface area contributed by atoms with Crippen molar-refractivity contribution in [2.75, 3.05) is 18.4 Å². The van der Waals surface area contributed by atoms with Crippen LogP contribution in [0.3, 0.4) is 0 Å². The average molecular weight is 249 g/mol. The maximum atomic E-state index is 12.1. The van der Waals surface area contributed by atoms with Crippen LogP contribution in [0.2, 0.25) is 0 Å². The topological polar surface area (TPSA) is 91.3 Å². The fourth-order valence-corrected chi connectivity index (χ4v) is 1.89. The minimum atomic E-state index is -1.08. The number of hydrogen-bond donors (Lipinski definition) is 3. The van der Waals surface area contributed by atoms with E-state index in [1.165, 1.54) is 12.3 Å². The van der Waals surface area contributed by atoms with Crippen LogP contribution in [0.4, 0.5) is 5.69 Å².